The van der Waals surface area contributed by atoms with E-state index in [0.717, 1.165) is 11.1 Å². The number of ether oxygens (including phenoxy) is 1. The van der Waals surface area contributed by atoms with Crippen LogP contribution < -0.4 is 15.4 Å². The van der Waals surface area contributed by atoms with Crippen molar-refractivity contribution in [1.82, 2.24) is 10.6 Å². The number of carbonyl (C=O) groups is 3. The lowest BCUT2D eigenvalue weighted by Crippen LogP contribution is -2.40. The molecule has 1 atom stereocenters. The Morgan fingerprint density at radius 1 is 1.12 bits per heavy atom. The smallest absolute Gasteiger partial charge is 0.251 e. The van der Waals surface area contributed by atoms with Gasteiger partial charge in [0.25, 0.3) is 5.91 Å². The second-order valence-electron chi connectivity index (χ2n) is 6.15. The van der Waals surface area contributed by atoms with Crippen LogP contribution in [-0.4, -0.2) is 37.3 Å². The lowest BCUT2D eigenvalue weighted by molar-refractivity contribution is -0.120. The van der Waals surface area contributed by atoms with Crippen LogP contribution in [0.4, 0.5) is 0 Å². The summed E-state index contributed by atoms with van der Waals surface area (Å²) in [7, 11) is 1.53. The van der Waals surface area contributed by atoms with E-state index in [9.17, 15) is 14.4 Å². The molecule has 1 heterocycles. The molecule has 0 spiro atoms. The molecule has 134 valence electrons. The number of methoxy groups -OCH3 is 1. The zero-order valence-corrected chi connectivity index (χ0v) is 14.7. The number of benzene rings is 2. The number of ketones is 1. The molecule has 0 aromatic heterocycles. The van der Waals surface area contributed by atoms with Crippen LogP contribution >= 0.6 is 0 Å². The zero-order valence-electron chi connectivity index (χ0n) is 14.7. The second kappa shape index (κ2) is 7.39. The molecule has 2 N–H and O–H groups in total. The number of hydrogen-bond acceptors (Lipinski definition) is 4. The van der Waals surface area contributed by atoms with Gasteiger partial charge in [0.15, 0.2) is 5.78 Å². The molecule has 3 rings (SSSR count). The van der Waals surface area contributed by atoms with E-state index < -0.39 is 6.04 Å². The lowest BCUT2D eigenvalue weighted by atomic mass is 9.99. The quantitative estimate of drug-likeness (QED) is 0.808. The molecule has 26 heavy (non-hydrogen) atoms. The average Bonchev–Trinajstić information content (AvgIpc) is 3.05. The highest BCUT2D eigenvalue weighted by Crippen LogP contribution is 2.27. The van der Waals surface area contributed by atoms with Crippen molar-refractivity contribution in [3.63, 3.8) is 0 Å². The van der Waals surface area contributed by atoms with Gasteiger partial charge in [0.1, 0.15) is 11.8 Å². The first-order valence-corrected chi connectivity index (χ1v) is 8.37. The maximum Gasteiger partial charge on any atom is 0.251 e. The molecule has 0 aliphatic carbocycles. The topological polar surface area (TPSA) is 84.5 Å². The highest BCUT2D eigenvalue weighted by Gasteiger charge is 2.25. The van der Waals surface area contributed by atoms with E-state index in [2.05, 4.69) is 10.6 Å². The molecule has 0 saturated carbocycles. The number of hydrogen-bond donors (Lipinski definition) is 2. The van der Waals surface area contributed by atoms with Crippen LogP contribution in [0.1, 0.15) is 34.1 Å². The standard InChI is InChI=1S/C20H20N2O4/c1-12(23)16-11-15(7-8-18(16)26-2)13-3-5-14(6-4-13)19(24)22-17-9-10-21-20(17)25/h3-8,11,17H,9-10H2,1-2H3,(H,21,25)(H,22,24)/t17-/m0/s1. The Labute approximate surface area is 151 Å². The molecule has 0 bridgehead atoms. The summed E-state index contributed by atoms with van der Waals surface area (Å²) in [5.41, 5.74) is 2.73. The summed E-state index contributed by atoms with van der Waals surface area (Å²) in [6.45, 7) is 2.08. The Balaban J connectivity index is 1.79. The van der Waals surface area contributed by atoms with Gasteiger partial charge in [0.2, 0.25) is 5.91 Å². The first-order valence-electron chi connectivity index (χ1n) is 8.37. The van der Waals surface area contributed by atoms with Crippen molar-refractivity contribution in [2.75, 3.05) is 13.7 Å². The van der Waals surface area contributed by atoms with Gasteiger partial charge in [-0.2, -0.15) is 0 Å². The van der Waals surface area contributed by atoms with E-state index in [1.807, 2.05) is 18.2 Å². The molecular formula is C20H20N2O4. The fourth-order valence-corrected chi connectivity index (χ4v) is 2.95. The van der Waals surface area contributed by atoms with Crippen LogP contribution in [0.15, 0.2) is 42.5 Å². The maximum absolute atomic E-state index is 12.3. The van der Waals surface area contributed by atoms with Crippen molar-refractivity contribution in [3.05, 3.63) is 53.6 Å². The lowest BCUT2D eigenvalue weighted by Gasteiger charge is -2.11. The van der Waals surface area contributed by atoms with Gasteiger partial charge in [0.05, 0.1) is 12.7 Å². The van der Waals surface area contributed by atoms with E-state index in [1.165, 1.54) is 14.0 Å². The minimum Gasteiger partial charge on any atom is -0.496 e. The molecule has 6 nitrogen and oxygen atoms in total. The minimum absolute atomic E-state index is 0.0745. The molecular weight excluding hydrogens is 332 g/mol. The molecule has 2 amide bonds. The van der Waals surface area contributed by atoms with Gasteiger partial charge >= 0.3 is 0 Å². The summed E-state index contributed by atoms with van der Waals surface area (Å²) in [6.07, 6.45) is 0.600. The number of rotatable bonds is 5. The van der Waals surface area contributed by atoms with Gasteiger partial charge in [-0.25, -0.2) is 0 Å². The predicted octanol–water partition coefficient (Wildman–Crippen LogP) is 2.18. The third kappa shape index (κ3) is 3.59. The molecule has 0 unspecified atom stereocenters. The van der Waals surface area contributed by atoms with Crippen molar-refractivity contribution in [2.24, 2.45) is 0 Å². The molecule has 1 saturated heterocycles. The fraction of sp³-hybridized carbons (Fsp3) is 0.250. The first-order chi connectivity index (χ1) is 12.5. The van der Waals surface area contributed by atoms with Gasteiger partial charge in [-0.1, -0.05) is 18.2 Å². The number of carbonyl (C=O) groups excluding carboxylic acids is 3. The van der Waals surface area contributed by atoms with Crippen LogP contribution in [0.3, 0.4) is 0 Å². The van der Waals surface area contributed by atoms with Crippen LogP contribution in [0.5, 0.6) is 5.75 Å². The molecule has 1 fully saturated rings. The van der Waals surface area contributed by atoms with Crippen LogP contribution in [-0.2, 0) is 4.79 Å². The van der Waals surface area contributed by atoms with Crippen LogP contribution in [0, 0.1) is 0 Å². The van der Waals surface area contributed by atoms with Gasteiger partial charge in [-0.15, -0.1) is 0 Å². The Bertz CT molecular complexity index is 859. The van der Waals surface area contributed by atoms with Gasteiger partial charge < -0.3 is 15.4 Å². The van der Waals surface area contributed by atoms with Crippen molar-refractivity contribution in [1.29, 1.82) is 0 Å². The number of nitrogens with one attached hydrogen (secondary N) is 2. The van der Waals surface area contributed by atoms with Crippen molar-refractivity contribution < 1.29 is 19.1 Å². The normalized spacial score (nSPS) is 16.1. The first kappa shape index (κ1) is 17.7. The van der Waals surface area contributed by atoms with Crippen LogP contribution in [0.2, 0.25) is 0 Å². The van der Waals surface area contributed by atoms with E-state index in [-0.39, 0.29) is 17.6 Å². The Morgan fingerprint density at radius 3 is 2.38 bits per heavy atom. The van der Waals surface area contributed by atoms with Gasteiger partial charge in [-0.3, -0.25) is 14.4 Å². The molecule has 0 radical (unpaired) electrons. The Kier molecular flexibility index (Phi) is 5.02. The zero-order chi connectivity index (χ0) is 18.7. The van der Waals surface area contributed by atoms with E-state index in [1.54, 1.807) is 24.3 Å². The number of Topliss-reactive ketones (excluding diaryl/α,β-unsaturated/α-hetero) is 1. The molecule has 2 aromatic rings. The van der Waals surface area contributed by atoms with Gasteiger partial charge in [-0.05, 0) is 48.7 Å². The SMILES string of the molecule is COc1ccc(-c2ccc(C(=O)N[C@H]3CCNC3=O)cc2)cc1C(C)=O. The molecule has 6 heteroatoms. The Morgan fingerprint density at radius 2 is 1.81 bits per heavy atom. The van der Waals surface area contributed by atoms with Crippen LogP contribution in [0.25, 0.3) is 11.1 Å². The minimum atomic E-state index is -0.470. The highest BCUT2D eigenvalue weighted by molar-refractivity contribution is 5.99. The monoisotopic (exact) mass is 352 g/mol. The average molecular weight is 352 g/mol. The van der Waals surface area contributed by atoms with Crippen molar-refractivity contribution in [3.8, 4) is 16.9 Å². The molecule has 1 aliphatic heterocycles. The maximum atomic E-state index is 12.3. The summed E-state index contributed by atoms with van der Waals surface area (Å²) >= 11 is 0. The fourth-order valence-electron chi connectivity index (χ4n) is 2.95. The van der Waals surface area contributed by atoms with Crippen molar-refractivity contribution >= 4 is 17.6 Å². The van der Waals surface area contributed by atoms with Gasteiger partial charge in [0, 0.05) is 12.1 Å². The Hall–Kier alpha value is -3.15. The predicted molar refractivity (Wildman–Crippen MR) is 97.3 cm³/mol. The third-order valence-electron chi connectivity index (χ3n) is 4.41. The van der Waals surface area contributed by atoms with Crippen molar-refractivity contribution in [2.45, 2.75) is 19.4 Å². The highest BCUT2D eigenvalue weighted by atomic mass is 16.5. The summed E-state index contributed by atoms with van der Waals surface area (Å²) in [6, 6.07) is 12.0. The number of amides is 2. The third-order valence-corrected chi connectivity index (χ3v) is 4.41. The van der Waals surface area contributed by atoms with E-state index in [0.29, 0.717) is 29.8 Å². The largest absolute Gasteiger partial charge is 0.496 e. The summed E-state index contributed by atoms with van der Waals surface area (Å²) in [5, 5.41) is 5.42. The van der Waals surface area contributed by atoms with E-state index in [4.69, 9.17) is 4.74 Å². The second-order valence-corrected chi connectivity index (χ2v) is 6.15. The van der Waals surface area contributed by atoms with E-state index >= 15 is 0 Å². The molecule has 1 aliphatic rings. The molecule has 2 aromatic carbocycles. The summed E-state index contributed by atoms with van der Waals surface area (Å²) in [4.78, 5) is 35.6. The summed E-state index contributed by atoms with van der Waals surface area (Å²) < 4.78 is 5.21. The summed E-state index contributed by atoms with van der Waals surface area (Å²) in [5.74, 6) is 0.0318.